The third-order valence-corrected chi connectivity index (χ3v) is 1.75. The molecule has 1 amide bonds. The van der Waals surface area contributed by atoms with Gasteiger partial charge in [0.05, 0.1) is 0 Å². The van der Waals surface area contributed by atoms with Crippen molar-refractivity contribution in [2.24, 2.45) is 0 Å². The van der Waals surface area contributed by atoms with Crippen molar-refractivity contribution >= 4 is 11.9 Å². The summed E-state index contributed by atoms with van der Waals surface area (Å²) in [7, 11) is 0. The fourth-order valence-corrected chi connectivity index (χ4v) is 0.831. The van der Waals surface area contributed by atoms with Gasteiger partial charge in [-0.3, -0.25) is 9.59 Å². The standard InChI is InChI=1S/C7H11NO3/c1-7(2-3-7)8-5(9)4-6(10)11/h2-4H2,1H3,(H,8,9)(H,10,11). The van der Waals surface area contributed by atoms with Crippen LogP contribution in [0.2, 0.25) is 0 Å². The zero-order valence-electron chi connectivity index (χ0n) is 6.39. The Morgan fingerprint density at radius 1 is 1.55 bits per heavy atom. The van der Waals surface area contributed by atoms with E-state index in [9.17, 15) is 9.59 Å². The highest BCUT2D eigenvalue weighted by molar-refractivity contribution is 5.93. The summed E-state index contributed by atoms with van der Waals surface area (Å²) < 4.78 is 0. The lowest BCUT2D eigenvalue weighted by atomic mass is 10.3. The van der Waals surface area contributed by atoms with E-state index in [1.165, 1.54) is 0 Å². The van der Waals surface area contributed by atoms with E-state index in [4.69, 9.17) is 5.11 Å². The predicted molar refractivity (Wildman–Crippen MR) is 38.0 cm³/mol. The quantitative estimate of drug-likeness (QED) is 0.572. The molecule has 0 aromatic rings. The lowest BCUT2D eigenvalue weighted by molar-refractivity contribution is -0.140. The van der Waals surface area contributed by atoms with Gasteiger partial charge in [-0.05, 0) is 19.8 Å². The molecule has 0 radical (unpaired) electrons. The van der Waals surface area contributed by atoms with E-state index in [0.29, 0.717) is 0 Å². The molecule has 2 N–H and O–H groups in total. The Kier molecular flexibility index (Phi) is 1.85. The van der Waals surface area contributed by atoms with Gasteiger partial charge in [-0.15, -0.1) is 0 Å². The van der Waals surface area contributed by atoms with Crippen LogP contribution in [0.25, 0.3) is 0 Å². The zero-order valence-corrected chi connectivity index (χ0v) is 6.39. The highest BCUT2D eigenvalue weighted by Gasteiger charge is 2.38. The Bertz CT molecular complexity index is 196. The molecule has 4 heteroatoms. The molecular weight excluding hydrogens is 146 g/mol. The predicted octanol–water partition coefficient (Wildman–Crippen LogP) is 0.130. The minimum atomic E-state index is -1.08. The monoisotopic (exact) mass is 157 g/mol. The van der Waals surface area contributed by atoms with Crippen LogP contribution >= 0.6 is 0 Å². The molecule has 1 rings (SSSR count). The number of hydrogen-bond donors (Lipinski definition) is 2. The van der Waals surface area contributed by atoms with Crippen LogP contribution in [0.4, 0.5) is 0 Å². The van der Waals surface area contributed by atoms with E-state index in [1.807, 2.05) is 6.92 Å². The van der Waals surface area contributed by atoms with Crippen LogP contribution in [-0.2, 0) is 9.59 Å². The molecular formula is C7H11NO3. The third-order valence-electron chi connectivity index (χ3n) is 1.75. The number of amides is 1. The van der Waals surface area contributed by atoms with Gasteiger partial charge in [0.25, 0.3) is 0 Å². The Balaban J connectivity index is 2.26. The van der Waals surface area contributed by atoms with Crippen LogP contribution in [0, 0.1) is 0 Å². The molecule has 0 spiro atoms. The Labute approximate surface area is 64.6 Å². The molecule has 11 heavy (non-hydrogen) atoms. The summed E-state index contributed by atoms with van der Waals surface area (Å²) in [5.41, 5.74) is -0.105. The van der Waals surface area contributed by atoms with E-state index in [0.717, 1.165) is 12.8 Å². The normalized spacial score (nSPS) is 19.0. The van der Waals surface area contributed by atoms with Gasteiger partial charge in [0.1, 0.15) is 6.42 Å². The first kappa shape index (κ1) is 8.04. The second kappa shape index (κ2) is 2.53. The van der Waals surface area contributed by atoms with Crippen LogP contribution in [-0.4, -0.2) is 22.5 Å². The van der Waals surface area contributed by atoms with Crippen molar-refractivity contribution in [3.63, 3.8) is 0 Å². The van der Waals surface area contributed by atoms with Crippen molar-refractivity contribution in [2.75, 3.05) is 0 Å². The maximum atomic E-state index is 10.8. The van der Waals surface area contributed by atoms with Crippen molar-refractivity contribution in [1.82, 2.24) is 5.32 Å². The van der Waals surface area contributed by atoms with Crippen molar-refractivity contribution in [3.05, 3.63) is 0 Å². The van der Waals surface area contributed by atoms with Gasteiger partial charge >= 0.3 is 5.97 Å². The number of rotatable bonds is 3. The SMILES string of the molecule is CC1(NC(=O)CC(=O)O)CC1. The van der Waals surface area contributed by atoms with Crippen LogP contribution < -0.4 is 5.32 Å². The van der Waals surface area contributed by atoms with Crippen LogP contribution in [0.15, 0.2) is 0 Å². The average Bonchev–Trinajstić information content (AvgIpc) is 2.44. The minimum absolute atomic E-state index is 0.105. The summed E-state index contributed by atoms with van der Waals surface area (Å²) in [6, 6.07) is 0. The number of nitrogens with one attached hydrogen (secondary N) is 1. The number of carbonyl (C=O) groups excluding carboxylic acids is 1. The molecule has 0 bridgehead atoms. The Hall–Kier alpha value is -1.06. The smallest absolute Gasteiger partial charge is 0.312 e. The summed E-state index contributed by atoms with van der Waals surface area (Å²) >= 11 is 0. The fourth-order valence-electron chi connectivity index (χ4n) is 0.831. The van der Waals surface area contributed by atoms with Gasteiger partial charge in [0.2, 0.25) is 5.91 Å². The topological polar surface area (TPSA) is 66.4 Å². The van der Waals surface area contributed by atoms with Crippen molar-refractivity contribution in [2.45, 2.75) is 31.7 Å². The second-order valence-electron chi connectivity index (χ2n) is 3.18. The fraction of sp³-hybridized carbons (Fsp3) is 0.714. The molecule has 0 aliphatic heterocycles. The van der Waals surface area contributed by atoms with Crippen molar-refractivity contribution in [3.8, 4) is 0 Å². The molecule has 62 valence electrons. The lowest BCUT2D eigenvalue weighted by Crippen LogP contribution is -2.35. The van der Waals surface area contributed by atoms with Gasteiger partial charge in [0.15, 0.2) is 0 Å². The summed E-state index contributed by atoms with van der Waals surface area (Å²) in [4.78, 5) is 20.9. The Morgan fingerprint density at radius 2 is 2.09 bits per heavy atom. The van der Waals surface area contributed by atoms with Gasteiger partial charge in [-0.1, -0.05) is 0 Å². The first-order valence-corrected chi connectivity index (χ1v) is 3.55. The van der Waals surface area contributed by atoms with E-state index in [2.05, 4.69) is 5.32 Å². The van der Waals surface area contributed by atoms with Crippen LogP contribution in [0.5, 0.6) is 0 Å². The molecule has 0 aromatic heterocycles. The number of carboxylic acids is 1. The minimum Gasteiger partial charge on any atom is -0.481 e. The van der Waals surface area contributed by atoms with E-state index in [-0.39, 0.29) is 5.54 Å². The largest absolute Gasteiger partial charge is 0.481 e. The van der Waals surface area contributed by atoms with E-state index in [1.54, 1.807) is 0 Å². The molecule has 0 aromatic carbocycles. The highest BCUT2D eigenvalue weighted by Crippen LogP contribution is 2.34. The maximum absolute atomic E-state index is 10.8. The number of aliphatic carboxylic acids is 1. The van der Waals surface area contributed by atoms with Gasteiger partial charge < -0.3 is 10.4 Å². The molecule has 1 aliphatic rings. The van der Waals surface area contributed by atoms with Crippen LogP contribution in [0.3, 0.4) is 0 Å². The zero-order chi connectivity index (χ0) is 8.48. The van der Waals surface area contributed by atoms with Crippen molar-refractivity contribution < 1.29 is 14.7 Å². The lowest BCUT2D eigenvalue weighted by Gasteiger charge is -2.09. The maximum Gasteiger partial charge on any atom is 0.312 e. The number of carbonyl (C=O) groups is 2. The van der Waals surface area contributed by atoms with E-state index < -0.39 is 18.3 Å². The molecule has 0 unspecified atom stereocenters. The van der Waals surface area contributed by atoms with Gasteiger partial charge in [-0.2, -0.15) is 0 Å². The molecule has 4 nitrogen and oxygen atoms in total. The van der Waals surface area contributed by atoms with E-state index >= 15 is 0 Å². The van der Waals surface area contributed by atoms with Crippen LogP contribution in [0.1, 0.15) is 26.2 Å². The first-order valence-electron chi connectivity index (χ1n) is 3.55. The average molecular weight is 157 g/mol. The molecule has 1 fully saturated rings. The van der Waals surface area contributed by atoms with Gasteiger partial charge in [0, 0.05) is 5.54 Å². The molecule has 0 heterocycles. The summed E-state index contributed by atoms with van der Waals surface area (Å²) in [6.45, 7) is 1.91. The van der Waals surface area contributed by atoms with Gasteiger partial charge in [-0.25, -0.2) is 0 Å². The number of hydrogen-bond acceptors (Lipinski definition) is 2. The second-order valence-corrected chi connectivity index (χ2v) is 3.18. The molecule has 1 saturated carbocycles. The molecule has 0 atom stereocenters. The molecule has 0 saturated heterocycles. The summed E-state index contributed by atoms with van der Waals surface area (Å²) in [5, 5.41) is 10.9. The van der Waals surface area contributed by atoms with Crippen molar-refractivity contribution in [1.29, 1.82) is 0 Å². The highest BCUT2D eigenvalue weighted by atomic mass is 16.4. The first-order chi connectivity index (χ1) is 5.02. The Morgan fingerprint density at radius 3 is 2.45 bits per heavy atom. The number of carboxylic acid groups (broad SMARTS) is 1. The summed E-state index contributed by atoms with van der Waals surface area (Å²) in [5.74, 6) is -1.47. The third kappa shape index (κ3) is 2.57. The molecule has 1 aliphatic carbocycles. The summed E-state index contributed by atoms with van der Waals surface area (Å²) in [6.07, 6.45) is 1.49.